The number of sulfone groups is 1. The van der Waals surface area contributed by atoms with Gasteiger partial charge in [-0.05, 0) is 61.4 Å². The van der Waals surface area contributed by atoms with E-state index in [-0.39, 0.29) is 23.0 Å². The Balaban J connectivity index is 1.97. The van der Waals surface area contributed by atoms with Crippen LogP contribution in [0.1, 0.15) is 17.5 Å². The third kappa shape index (κ3) is 4.58. The maximum atomic E-state index is 12.3. The van der Waals surface area contributed by atoms with Gasteiger partial charge in [-0.2, -0.15) is 0 Å². The zero-order valence-corrected chi connectivity index (χ0v) is 14.8. The first-order chi connectivity index (χ1) is 11.3. The van der Waals surface area contributed by atoms with Crippen LogP contribution in [0.4, 0.5) is 5.69 Å². The smallest absolute Gasteiger partial charge is 0.225 e. The largest absolute Gasteiger partial charge is 0.497 e. The van der Waals surface area contributed by atoms with E-state index in [1.165, 1.54) is 0 Å². The summed E-state index contributed by atoms with van der Waals surface area (Å²) in [4.78, 5) is 12.2. The molecule has 0 aliphatic carbocycles. The monoisotopic (exact) mass is 347 g/mol. The van der Waals surface area contributed by atoms with Crippen LogP contribution >= 0.6 is 0 Å². The summed E-state index contributed by atoms with van der Waals surface area (Å²) in [6.45, 7) is 3.79. The van der Waals surface area contributed by atoms with Gasteiger partial charge in [-0.15, -0.1) is 0 Å². The molecular weight excluding hydrogens is 326 g/mol. The molecular formula is C18H21NO4S. The minimum atomic E-state index is -3.48. The van der Waals surface area contributed by atoms with Gasteiger partial charge >= 0.3 is 0 Å². The number of benzene rings is 2. The molecule has 0 saturated carbocycles. The van der Waals surface area contributed by atoms with E-state index in [0.717, 1.165) is 11.1 Å². The van der Waals surface area contributed by atoms with Gasteiger partial charge in [0.25, 0.3) is 0 Å². The van der Waals surface area contributed by atoms with Crippen molar-refractivity contribution in [2.24, 2.45) is 0 Å². The van der Waals surface area contributed by atoms with Crippen molar-refractivity contribution in [3.05, 3.63) is 53.6 Å². The predicted molar refractivity (Wildman–Crippen MR) is 94.2 cm³/mol. The van der Waals surface area contributed by atoms with Crippen molar-refractivity contribution in [2.45, 2.75) is 25.2 Å². The van der Waals surface area contributed by atoms with Crippen LogP contribution < -0.4 is 10.1 Å². The number of amides is 1. The van der Waals surface area contributed by atoms with Crippen molar-refractivity contribution in [2.75, 3.05) is 18.2 Å². The molecule has 0 unspecified atom stereocenters. The van der Waals surface area contributed by atoms with E-state index in [4.69, 9.17) is 4.74 Å². The fraction of sp³-hybridized carbons (Fsp3) is 0.278. The molecule has 0 radical (unpaired) electrons. The predicted octanol–water partition coefficient (Wildman–Crippen LogP) is 3.11. The molecule has 2 aromatic carbocycles. The van der Waals surface area contributed by atoms with Crippen molar-refractivity contribution in [3.8, 4) is 5.75 Å². The van der Waals surface area contributed by atoms with Gasteiger partial charge in [0.05, 0.1) is 17.8 Å². The van der Waals surface area contributed by atoms with E-state index < -0.39 is 9.84 Å². The maximum Gasteiger partial charge on any atom is 0.225 e. The van der Waals surface area contributed by atoms with Gasteiger partial charge in [0.15, 0.2) is 9.84 Å². The zero-order valence-electron chi connectivity index (χ0n) is 14.0. The fourth-order valence-electron chi connectivity index (χ4n) is 2.15. The summed E-state index contributed by atoms with van der Waals surface area (Å²) >= 11 is 0. The summed E-state index contributed by atoms with van der Waals surface area (Å²) < 4.78 is 29.7. The number of hydrogen-bond donors (Lipinski definition) is 1. The Morgan fingerprint density at radius 2 is 1.71 bits per heavy atom. The molecule has 1 amide bonds. The number of carbonyl (C=O) groups is 1. The Kier molecular flexibility index (Phi) is 5.62. The molecule has 0 aliphatic heterocycles. The third-order valence-corrected chi connectivity index (χ3v) is 5.52. The summed E-state index contributed by atoms with van der Waals surface area (Å²) in [7, 11) is -1.92. The summed E-state index contributed by atoms with van der Waals surface area (Å²) in [6, 6.07) is 11.9. The molecule has 2 rings (SSSR count). The topological polar surface area (TPSA) is 72.5 Å². The van der Waals surface area contributed by atoms with Crippen LogP contribution in [0, 0.1) is 13.8 Å². The molecule has 5 nitrogen and oxygen atoms in total. The van der Waals surface area contributed by atoms with Gasteiger partial charge < -0.3 is 10.1 Å². The number of carbonyl (C=O) groups excluding carboxylic acids is 1. The van der Waals surface area contributed by atoms with E-state index in [1.807, 2.05) is 13.8 Å². The molecule has 128 valence electrons. The lowest BCUT2D eigenvalue weighted by molar-refractivity contribution is -0.115. The SMILES string of the molecule is COc1ccc(NC(=O)CCS(=O)(=O)c2ccc(C)c(C)c2)cc1. The molecule has 0 aliphatic rings. The van der Waals surface area contributed by atoms with Crippen LogP contribution in [0.3, 0.4) is 0 Å². The first-order valence-corrected chi connectivity index (χ1v) is 9.21. The highest BCUT2D eigenvalue weighted by Crippen LogP contribution is 2.18. The molecule has 24 heavy (non-hydrogen) atoms. The van der Waals surface area contributed by atoms with E-state index in [1.54, 1.807) is 49.6 Å². The number of aryl methyl sites for hydroxylation is 2. The molecule has 0 saturated heterocycles. The second-order valence-corrected chi connectivity index (χ2v) is 7.70. The van der Waals surface area contributed by atoms with Gasteiger partial charge in [0.1, 0.15) is 5.75 Å². The second kappa shape index (κ2) is 7.49. The first-order valence-electron chi connectivity index (χ1n) is 7.56. The van der Waals surface area contributed by atoms with Crippen molar-refractivity contribution < 1.29 is 17.9 Å². The molecule has 0 atom stereocenters. The molecule has 0 aromatic heterocycles. The number of ether oxygens (including phenoxy) is 1. The molecule has 2 aromatic rings. The minimum absolute atomic E-state index is 0.0959. The molecule has 0 spiro atoms. The second-order valence-electron chi connectivity index (χ2n) is 5.59. The van der Waals surface area contributed by atoms with Gasteiger partial charge in [0, 0.05) is 12.1 Å². The Hall–Kier alpha value is -2.34. The Bertz CT molecular complexity index is 827. The highest BCUT2D eigenvalue weighted by molar-refractivity contribution is 7.91. The van der Waals surface area contributed by atoms with E-state index >= 15 is 0 Å². The van der Waals surface area contributed by atoms with Crippen LogP contribution in [-0.4, -0.2) is 27.2 Å². The molecule has 0 fully saturated rings. The first kappa shape index (κ1) is 18.0. The standard InChI is InChI=1S/C18H21NO4S/c1-13-4-9-17(12-14(13)2)24(21,22)11-10-18(20)19-15-5-7-16(23-3)8-6-15/h4-9,12H,10-11H2,1-3H3,(H,19,20). The summed E-state index contributed by atoms with van der Waals surface area (Å²) in [5, 5.41) is 2.68. The van der Waals surface area contributed by atoms with Crippen LogP contribution in [0.25, 0.3) is 0 Å². The van der Waals surface area contributed by atoms with Gasteiger partial charge in [-0.3, -0.25) is 4.79 Å². The maximum absolute atomic E-state index is 12.3. The van der Waals surface area contributed by atoms with Crippen LogP contribution in [0.15, 0.2) is 47.4 Å². The number of hydrogen-bond acceptors (Lipinski definition) is 4. The Morgan fingerprint density at radius 3 is 2.29 bits per heavy atom. The normalized spacial score (nSPS) is 11.1. The molecule has 0 heterocycles. The number of anilines is 1. The summed E-state index contributed by atoms with van der Waals surface area (Å²) in [5.41, 5.74) is 2.55. The van der Waals surface area contributed by atoms with Gasteiger partial charge in [-0.1, -0.05) is 6.07 Å². The lowest BCUT2D eigenvalue weighted by Crippen LogP contribution is -2.17. The third-order valence-electron chi connectivity index (χ3n) is 3.81. The average molecular weight is 347 g/mol. The quantitative estimate of drug-likeness (QED) is 0.871. The number of rotatable bonds is 6. The summed E-state index contributed by atoms with van der Waals surface area (Å²) in [6.07, 6.45) is -0.0959. The van der Waals surface area contributed by atoms with Crippen molar-refractivity contribution in [1.82, 2.24) is 0 Å². The molecule has 1 N–H and O–H groups in total. The fourth-order valence-corrected chi connectivity index (χ4v) is 3.47. The van der Waals surface area contributed by atoms with Gasteiger partial charge in [0.2, 0.25) is 5.91 Å². The molecule has 6 heteroatoms. The van der Waals surface area contributed by atoms with Crippen molar-refractivity contribution in [1.29, 1.82) is 0 Å². The lowest BCUT2D eigenvalue weighted by atomic mass is 10.1. The highest BCUT2D eigenvalue weighted by Gasteiger charge is 2.17. The molecule has 0 bridgehead atoms. The minimum Gasteiger partial charge on any atom is -0.497 e. The van der Waals surface area contributed by atoms with E-state index in [0.29, 0.717) is 11.4 Å². The summed E-state index contributed by atoms with van der Waals surface area (Å²) in [5.74, 6) is 0.121. The van der Waals surface area contributed by atoms with E-state index in [2.05, 4.69) is 5.32 Å². The number of nitrogens with one attached hydrogen (secondary N) is 1. The van der Waals surface area contributed by atoms with Crippen LogP contribution in [0.5, 0.6) is 5.75 Å². The van der Waals surface area contributed by atoms with E-state index in [9.17, 15) is 13.2 Å². The van der Waals surface area contributed by atoms with Crippen molar-refractivity contribution >= 4 is 21.4 Å². The zero-order chi connectivity index (χ0) is 17.7. The average Bonchev–Trinajstić information content (AvgIpc) is 2.56. The van der Waals surface area contributed by atoms with Crippen LogP contribution in [-0.2, 0) is 14.6 Å². The Morgan fingerprint density at radius 1 is 1.04 bits per heavy atom. The van der Waals surface area contributed by atoms with Crippen molar-refractivity contribution in [3.63, 3.8) is 0 Å². The highest BCUT2D eigenvalue weighted by atomic mass is 32.2. The lowest BCUT2D eigenvalue weighted by Gasteiger charge is -2.08. The van der Waals surface area contributed by atoms with Gasteiger partial charge in [-0.25, -0.2) is 8.42 Å². The van der Waals surface area contributed by atoms with Crippen LogP contribution in [0.2, 0.25) is 0 Å². The number of methoxy groups -OCH3 is 1. The Labute approximate surface area is 142 Å².